The number of hydrogen-bond acceptors (Lipinski definition) is 3. The van der Waals surface area contributed by atoms with Gasteiger partial charge in [0, 0.05) is 23.1 Å². The Morgan fingerprint density at radius 1 is 1.29 bits per heavy atom. The van der Waals surface area contributed by atoms with Gasteiger partial charge in [0.15, 0.2) is 5.75 Å². The molecule has 2 aromatic rings. The molecule has 1 N–H and O–H groups in total. The van der Waals surface area contributed by atoms with E-state index in [9.17, 15) is 0 Å². The van der Waals surface area contributed by atoms with Gasteiger partial charge in [-0.05, 0) is 31.5 Å². The third kappa shape index (κ3) is 4.86. The second-order valence-corrected chi connectivity index (χ2v) is 5.89. The van der Waals surface area contributed by atoms with Crippen molar-refractivity contribution in [3.05, 3.63) is 40.6 Å². The second kappa shape index (κ2) is 8.20. The van der Waals surface area contributed by atoms with Gasteiger partial charge in [-0.3, -0.25) is 4.68 Å². The topological polar surface area (TPSA) is 39.1 Å². The number of aryl methyl sites for hydroxylation is 1. The van der Waals surface area contributed by atoms with Crippen LogP contribution in [-0.4, -0.2) is 16.3 Å². The summed E-state index contributed by atoms with van der Waals surface area (Å²) >= 11 is 3.50. The first-order valence-electron chi connectivity index (χ1n) is 7.42. The summed E-state index contributed by atoms with van der Waals surface area (Å²) in [6.07, 6.45) is 5.88. The Bertz CT molecular complexity index is 568. The van der Waals surface area contributed by atoms with Gasteiger partial charge in [-0.15, -0.1) is 0 Å². The van der Waals surface area contributed by atoms with E-state index in [-0.39, 0.29) is 0 Å². The largest absolute Gasteiger partial charge is 0.454 e. The van der Waals surface area contributed by atoms with Crippen molar-refractivity contribution < 1.29 is 4.74 Å². The maximum absolute atomic E-state index is 5.99. The van der Waals surface area contributed by atoms with E-state index in [1.165, 1.54) is 0 Å². The average Bonchev–Trinajstić information content (AvgIpc) is 2.89. The van der Waals surface area contributed by atoms with Gasteiger partial charge in [0.1, 0.15) is 5.75 Å². The lowest BCUT2D eigenvalue weighted by Crippen LogP contribution is -2.14. The number of nitrogens with one attached hydrogen (secondary N) is 1. The number of benzene rings is 1. The molecule has 0 saturated heterocycles. The van der Waals surface area contributed by atoms with Crippen LogP contribution in [0.1, 0.15) is 32.3 Å². The van der Waals surface area contributed by atoms with Gasteiger partial charge in [0.2, 0.25) is 0 Å². The molecule has 1 aromatic carbocycles. The van der Waals surface area contributed by atoms with Gasteiger partial charge < -0.3 is 10.1 Å². The highest BCUT2D eigenvalue weighted by Gasteiger charge is 2.07. The van der Waals surface area contributed by atoms with E-state index in [0.29, 0.717) is 0 Å². The Morgan fingerprint density at radius 3 is 2.90 bits per heavy atom. The molecule has 0 fully saturated rings. The van der Waals surface area contributed by atoms with Crippen LogP contribution in [0.15, 0.2) is 35.1 Å². The Balaban J connectivity index is 2.10. The number of nitrogens with zero attached hydrogens (tertiary/aromatic N) is 2. The fourth-order valence-electron chi connectivity index (χ4n) is 2.04. The molecule has 0 atom stereocenters. The van der Waals surface area contributed by atoms with Gasteiger partial charge in [-0.1, -0.05) is 35.8 Å². The number of ether oxygens (including phenoxy) is 1. The summed E-state index contributed by atoms with van der Waals surface area (Å²) in [6.45, 7) is 7.01. The molecule has 1 heterocycles. The van der Waals surface area contributed by atoms with E-state index in [1.54, 1.807) is 6.20 Å². The van der Waals surface area contributed by atoms with Crippen LogP contribution in [-0.2, 0) is 13.1 Å². The lowest BCUT2D eigenvalue weighted by atomic mass is 10.2. The van der Waals surface area contributed by atoms with E-state index < -0.39 is 0 Å². The normalized spacial score (nSPS) is 10.8. The summed E-state index contributed by atoms with van der Waals surface area (Å²) in [6, 6.07) is 6.12. The highest BCUT2D eigenvalue weighted by Crippen LogP contribution is 2.28. The molecular formula is C16H22BrN3O. The Morgan fingerprint density at radius 2 is 2.14 bits per heavy atom. The number of rotatable bonds is 8. The smallest absolute Gasteiger partial charge is 0.165 e. The Labute approximate surface area is 134 Å². The lowest BCUT2D eigenvalue weighted by molar-refractivity contribution is 0.470. The second-order valence-electron chi connectivity index (χ2n) is 4.97. The first-order chi connectivity index (χ1) is 10.2. The third-order valence-electron chi connectivity index (χ3n) is 3.06. The predicted molar refractivity (Wildman–Crippen MR) is 88.7 cm³/mol. The molecule has 0 amide bonds. The number of halogens is 1. The zero-order valence-corrected chi connectivity index (χ0v) is 14.2. The minimum absolute atomic E-state index is 0.776. The van der Waals surface area contributed by atoms with Crippen molar-refractivity contribution in [2.45, 2.75) is 39.8 Å². The molecule has 21 heavy (non-hydrogen) atoms. The van der Waals surface area contributed by atoms with Crippen LogP contribution in [0.3, 0.4) is 0 Å². The third-order valence-corrected chi connectivity index (χ3v) is 3.55. The summed E-state index contributed by atoms with van der Waals surface area (Å²) in [5.41, 5.74) is 1.15. The maximum atomic E-state index is 5.99. The van der Waals surface area contributed by atoms with Crippen molar-refractivity contribution >= 4 is 15.9 Å². The summed E-state index contributed by atoms with van der Waals surface area (Å²) in [7, 11) is 0. The highest BCUT2D eigenvalue weighted by atomic mass is 79.9. The summed E-state index contributed by atoms with van der Waals surface area (Å²) < 4.78 is 8.91. The van der Waals surface area contributed by atoms with Crippen molar-refractivity contribution in [3.63, 3.8) is 0 Å². The van der Waals surface area contributed by atoms with Gasteiger partial charge in [0.05, 0.1) is 12.4 Å². The number of hydrogen-bond donors (Lipinski definition) is 1. The summed E-state index contributed by atoms with van der Waals surface area (Å²) in [5.74, 6) is 1.64. The zero-order valence-electron chi connectivity index (χ0n) is 12.6. The minimum Gasteiger partial charge on any atom is -0.454 e. The highest BCUT2D eigenvalue weighted by molar-refractivity contribution is 9.10. The van der Waals surface area contributed by atoms with Crippen molar-refractivity contribution in [2.24, 2.45) is 0 Å². The van der Waals surface area contributed by atoms with Gasteiger partial charge in [-0.25, -0.2) is 0 Å². The Hall–Kier alpha value is -1.33. The predicted octanol–water partition coefficient (Wildman–Crippen LogP) is 4.35. The molecule has 0 aliphatic rings. The van der Waals surface area contributed by atoms with E-state index in [4.69, 9.17) is 4.74 Å². The minimum atomic E-state index is 0.776. The van der Waals surface area contributed by atoms with Gasteiger partial charge >= 0.3 is 0 Å². The average molecular weight is 352 g/mol. The van der Waals surface area contributed by atoms with E-state index >= 15 is 0 Å². The summed E-state index contributed by atoms with van der Waals surface area (Å²) in [5, 5.41) is 7.70. The molecule has 0 saturated carbocycles. The van der Waals surface area contributed by atoms with Crippen LogP contribution in [0.5, 0.6) is 11.5 Å². The quantitative estimate of drug-likeness (QED) is 0.718. The molecule has 2 rings (SSSR count). The molecule has 0 aliphatic carbocycles. The van der Waals surface area contributed by atoms with Crippen LogP contribution in [0.2, 0.25) is 0 Å². The molecule has 5 heteroatoms. The van der Waals surface area contributed by atoms with E-state index in [2.05, 4.69) is 46.3 Å². The lowest BCUT2D eigenvalue weighted by Gasteiger charge is -2.11. The first kappa shape index (κ1) is 16.0. The van der Waals surface area contributed by atoms with Crippen LogP contribution < -0.4 is 10.1 Å². The monoisotopic (exact) mass is 351 g/mol. The molecule has 0 bridgehead atoms. The maximum Gasteiger partial charge on any atom is 0.165 e. The molecule has 1 aromatic heterocycles. The zero-order chi connectivity index (χ0) is 15.1. The van der Waals surface area contributed by atoms with E-state index in [1.807, 2.05) is 23.0 Å². The Kier molecular flexibility index (Phi) is 6.26. The van der Waals surface area contributed by atoms with E-state index in [0.717, 1.165) is 54.0 Å². The van der Waals surface area contributed by atoms with Crippen LogP contribution >= 0.6 is 15.9 Å². The molecular weight excluding hydrogens is 330 g/mol. The molecule has 0 unspecified atom stereocenters. The molecule has 0 spiro atoms. The molecule has 0 aliphatic heterocycles. The fraction of sp³-hybridized carbons (Fsp3) is 0.438. The summed E-state index contributed by atoms with van der Waals surface area (Å²) in [4.78, 5) is 0. The van der Waals surface area contributed by atoms with Crippen LogP contribution in [0, 0.1) is 0 Å². The van der Waals surface area contributed by atoms with Gasteiger partial charge in [0.25, 0.3) is 0 Å². The molecule has 114 valence electrons. The van der Waals surface area contributed by atoms with Crippen molar-refractivity contribution in [1.29, 1.82) is 0 Å². The van der Waals surface area contributed by atoms with Gasteiger partial charge in [-0.2, -0.15) is 5.10 Å². The molecule has 4 nitrogen and oxygen atoms in total. The van der Waals surface area contributed by atoms with Crippen LogP contribution in [0.25, 0.3) is 0 Å². The van der Waals surface area contributed by atoms with Crippen molar-refractivity contribution in [2.75, 3.05) is 6.54 Å². The standard InChI is InChI=1S/C16H22BrN3O/c1-3-7-18-10-13-5-6-14(17)9-16(13)21-15-11-19-20(12-15)8-4-2/h5-6,9,11-12,18H,3-4,7-8,10H2,1-2H3. The van der Waals surface area contributed by atoms with Crippen LogP contribution in [0.4, 0.5) is 0 Å². The fourth-order valence-corrected chi connectivity index (χ4v) is 2.39. The number of aromatic nitrogens is 2. The SMILES string of the molecule is CCCNCc1ccc(Br)cc1Oc1cnn(CCC)c1. The first-order valence-corrected chi connectivity index (χ1v) is 8.21. The van der Waals surface area contributed by atoms with Crippen molar-refractivity contribution in [1.82, 2.24) is 15.1 Å². The molecule has 0 radical (unpaired) electrons. The van der Waals surface area contributed by atoms with Crippen molar-refractivity contribution in [3.8, 4) is 11.5 Å².